The molecule has 2 aromatic rings. The van der Waals surface area contributed by atoms with Crippen molar-refractivity contribution in [1.82, 2.24) is 4.90 Å². The second-order valence-electron chi connectivity index (χ2n) is 6.64. The first-order chi connectivity index (χ1) is 10.7. The molecule has 2 fully saturated rings. The van der Waals surface area contributed by atoms with E-state index in [-0.39, 0.29) is 0 Å². The maximum Gasteiger partial charge on any atom is 0.120 e. The smallest absolute Gasteiger partial charge is 0.120 e. The summed E-state index contributed by atoms with van der Waals surface area (Å²) in [5, 5.41) is 2.39. The Morgan fingerprint density at radius 2 is 1.50 bits per heavy atom. The van der Waals surface area contributed by atoms with Crippen molar-refractivity contribution in [3.05, 3.63) is 36.4 Å². The van der Waals surface area contributed by atoms with Gasteiger partial charge >= 0.3 is 0 Å². The van der Waals surface area contributed by atoms with Crippen LogP contribution in [0.15, 0.2) is 36.4 Å². The molecule has 0 amide bonds. The number of benzene rings is 2. The summed E-state index contributed by atoms with van der Waals surface area (Å²) in [6, 6.07) is 14.0. The van der Waals surface area contributed by atoms with Crippen LogP contribution in [0.3, 0.4) is 0 Å². The van der Waals surface area contributed by atoms with Gasteiger partial charge in [-0.3, -0.25) is 0 Å². The minimum atomic E-state index is 0.365. The fourth-order valence-corrected chi connectivity index (χ4v) is 4.05. The fourth-order valence-electron chi connectivity index (χ4n) is 4.05. The number of nitrogens with zero attached hydrogens (tertiary/aromatic N) is 1. The highest BCUT2D eigenvalue weighted by Gasteiger charge is 2.39. The first-order valence-electron chi connectivity index (χ1n) is 8.19. The Bertz CT molecular complexity index is 670. The molecule has 4 rings (SSSR count). The van der Waals surface area contributed by atoms with Crippen molar-refractivity contribution in [1.29, 1.82) is 0 Å². The molecular weight excluding hydrogens is 274 g/mol. The van der Waals surface area contributed by atoms with E-state index in [1.165, 1.54) is 23.6 Å². The number of ether oxygens (including phenoxy) is 2. The van der Waals surface area contributed by atoms with Gasteiger partial charge in [-0.05, 0) is 67.8 Å². The third-order valence-electron chi connectivity index (χ3n) is 5.38. The maximum absolute atomic E-state index is 6.29. The average molecular weight is 297 g/mol. The van der Waals surface area contributed by atoms with Crippen LogP contribution in [0.4, 0.5) is 0 Å². The number of rotatable bonds is 3. The molecule has 2 bridgehead atoms. The summed E-state index contributed by atoms with van der Waals surface area (Å²) < 4.78 is 11.6. The van der Waals surface area contributed by atoms with E-state index in [4.69, 9.17) is 9.47 Å². The Labute approximate surface area is 131 Å². The Morgan fingerprint density at radius 3 is 2.14 bits per heavy atom. The molecule has 3 heteroatoms. The maximum atomic E-state index is 6.29. The summed E-state index contributed by atoms with van der Waals surface area (Å²) in [6.07, 6.45) is 5.35. The van der Waals surface area contributed by atoms with Gasteiger partial charge < -0.3 is 14.4 Å². The molecule has 0 saturated carbocycles. The molecule has 0 aliphatic carbocycles. The van der Waals surface area contributed by atoms with E-state index in [1.54, 1.807) is 7.11 Å². The summed E-state index contributed by atoms with van der Waals surface area (Å²) in [5.74, 6) is 1.89. The van der Waals surface area contributed by atoms with Gasteiger partial charge in [-0.15, -0.1) is 0 Å². The SMILES string of the molecule is COc1ccc2cc(OC3CC4CCC(C3)N4C)ccc2c1. The Morgan fingerprint density at radius 1 is 0.909 bits per heavy atom. The number of hydrogen-bond acceptors (Lipinski definition) is 3. The number of piperidine rings is 1. The quantitative estimate of drug-likeness (QED) is 0.859. The molecule has 2 heterocycles. The van der Waals surface area contributed by atoms with E-state index in [0.29, 0.717) is 18.2 Å². The fraction of sp³-hybridized carbons (Fsp3) is 0.474. The van der Waals surface area contributed by atoms with Crippen LogP contribution < -0.4 is 9.47 Å². The van der Waals surface area contributed by atoms with E-state index in [9.17, 15) is 0 Å². The van der Waals surface area contributed by atoms with Gasteiger partial charge in [0.05, 0.1) is 7.11 Å². The zero-order valence-electron chi connectivity index (χ0n) is 13.3. The van der Waals surface area contributed by atoms with Crippen LogP contribution in [-0.4, -0.2) is 37.2 Å². The van der Waals surface area contributed by atoms with Crippen LogP contribution in [0.5, 0.6) is 11.5 Å². The van der Waals surface area contributed by atoms with Crippen molar-refractivity contribution in [2.24, 2.45) is 0 Å². The molecule has 2 saturated heterocycles. The predicted molar refractivity (Wildman–Crippen MR) is 88.7 cm³/mol. The molecule has 0 aromatic heterocycles. The average Bonchev–Trinajstić information content (AvgIpc) is 2.75. The van der Waals surface area contributed by atoms with Gasteiger partial charge in [0.25, 0.3) is 0 Å². The van der Waals surface area contributed by atoms with Crippen molar-refractivity contribution in [2.75, 3.05) is 14.2 Å². The minimum absolute atomic E-state index is 0.365. The second-order valence-corrected chi connectivity index (χ2v) is 6.64. The van der Waals surface area contributed by atoms with E-state index < -0.39 is 0 Å². The van der Waals surface area contributed by atoms with Crippen LogP contribution in [0, 0.1) is 0 Å². The highest BCUT2D eigenvalue weighted by atomic mass is 16.5. The van der Waals surface area contributed by atoms with E-state index in [2.05, 4.69) is 42.3 Å². The topological polar surface area (TPSA) is 21.7 Å². The van der Waals surface area contributed by atoms with Crippen molar-refractivity contribution in [2.45, 2.75) is 43.9 Å². The lowest BCUT2D eigenvalue weighted by atomic mass is 10.0. The van der Waals surface area contributed by atoms with Crippen molar-refractivity contribution in [3.8, 4) is 11.5 Å². The highest BCUT2D eigenvalue weighted by Crippen LogP contribution is 2.36. The predicted octanol–water partition coefficient (Wildman–Crippen LogP) is 3.85. The molecule has 0 radical (unpaired) electrons. The number of fused-ring (bicyclic) bond motifs is 3. The summed E-state index contributed by atoms with van der Waals surface area (Å²) in [6.45, 7) is 0. The lowest BCUT2D eigenvalue weighted by Gasteiger charge is -2.36. The molecule has 0 N–H and O–H groups in total. The number of hydrogen-bond donors (Lipinski definition) is 0. The summed E-state index contributed by atoms with van der Waals surface area (Å²) in [4.78, 5) is 2.55. The van der Waals surface area contributed by atoms with Crippen LogP contribution in [-0.2, 0) is 0 Å². The van der Waals surface area contributed by atoms with Gasteiger partial charge in [0.15, 0.2) is 0 Å². The zero-order chi connectivity index (χ0) is 15.1. The molecule has 2 unspecified atom stereocenters. The Kier molecular flexibility index (Phi) is 3.45. The first kappa shape index (κ1) is 13.9. The minimum Gasteiger partial charge on any atom is -0.497 e. The van der Waals surface area contributed by atoms with Gasteiger partial charge in [-0.2, -0.15) is 0 Å². The molecule has 2 aliphatic heterocycles. The molecule has 2 aliphatic rings. The molecule has 0 spiro atoms. The third kappa shape index (κ3) is 2.44. The number of methoxy groups -OCH3 is 1. The zero-order valence-corrected chi connectivity index (χ0v) is 13.3. The van der Waals surface area contributed by atoms with Crippen molar-refractivity contribution < 1.29 is 9.47 Å². The molecule has 3 nitrogen and oxygen atoms in total. The lowest BCUT2D eigenvalue weighted by Crippen LogP contribution is -2.43. The standard InChI is InChI=1S/C19H23NO2/c1-20-15-5-6-16(20)12-19(11-15)22-18-8-4-13-9-17(21-2)7-3-14(13)10-18/h3-4,7-10,15-16,19H,5-6,11-12H2,1-2H3. The molecule has 116 valence electrons. The van der Waals surface area contributed by atoms with E-state index in [1.807, 2.05) is 6.07 Å². The largest absolute Gasteiger partial charge is 0.497 e. The van der Waals surface area contributed by atoms with Crippen LogP contribution in [0.1, 0.15) is 25.7 Å². The molecule has 22 heavy (non-hydrogen) atoms. The summed E-state index contributed by atoms with van der Waals surface area (Å²) >= 11 is 0. The van der Waals surface area contributed by atoms with Crippen molar-refractivity contribution in [3.63, 3.8) is 0 Å². The molecule has 2 atom stereocenters. The van der Waals surface area contributed by atoms with Gasteiger partial charge in [-0.25, -0.2) is 0 Å². The molecule has 2 aromatic carbocycles. The van der Waals surface area contributed by atoms with Crippen LogP contribution in [0.2, 0.25) is 0 Å². The highest BCUT2D eigenvalue weighted by molar-refractivity contribution is 5.85. The van der Waals surface area contributed by atoms with Crippen LogP contribution in [0.25, 0.3) is 10.8 Å². The lowest BCUT2D eigenvalue weighted by molar-refractivity contribution is 0.0662. The van der Waals surface area contributed by atoms with Crippen LogP contribution >= 0.6 is 0 Å². The monoisotopic (exact) mass is 297 g/mol. The van der Waals surface area contributed by atoms with Gasteiger partial charge in [-0.1, -0.05) is 12.1 Å². The Hall–Kier alpha value is -1.74. The first-order valence-corrected chi connectivity index (χ1v) is 8.19. The third-order valence-corrected chi connectivity index (χ3v) is 5.38. The summed E-state index contributed by atoms with van der Waals surface area (Å²) in [5.41, 5.74) is 0. The van der Waals surface area contributed by atoms with Gasteiger partial charge in [0.1, 0.15) is 17.6 Å². The normalized spacial score (nSPS) is 28.0. The Balaban J connectivity index is 1.52. The second kappa shape index (κ2) is 5.47. The molecular formula is C19H23NO2. The van der Waals surface area contributed by atoms with Gasteiger partial charge in [0, 0.05) is 12.1 Å². The van der Waals surface area contributed by atoms with E-state index in [0.717, 1.165) is 24.3 Å². The van der Waals surface area contributed by atoms with Gasteiger partial charge in [0.2, 0.25) is 0 Å². The van der Waals surface area contributed by atoms with Crippen molar-refractivity contribution >= 4 is 10.8 Å². The summed E-state index contributed by atoms with van der Waals surface area (Å²) in [7, 11) is 3.97. The van der Waals surface area contributed by atoms with E-state index >= 15 is 0 Å².